The molecule has 0 saturated carbocycles. The van der Waals surface area contributed by atoms with Crippen LogP contribution in [0, 0.1) is 5.92 Å². The van der Waals surface area contributed by atoms with Crippen LogP contribution in [-0.4, -0.2) is 47.8 Å². The van der Waals surface area contributed by atoms with Crippen LogP contribution < -0.4 is 0 Å². The van der Waals surface area contributed by atoms with E-state index in [0.717, 1.165) is 12.1 Å². The van der Waals surface area contributed by atoms with Gasteiger partial charge in [0, 0.05) is 42.7 Å². The summed E-state index contributed by atoms with van der Waals surface area (Å²) in [6.07, 6.45) is -4.49. The van der Waals surface area contributed by atoms with Crippen molar-refractivity contribution < 1.29 is 22.8 Å². The number of nitrogens with zero attached hydrogens (tertiary/aromatic N) is 2. The van der Waals surface area contributed by atoms with Gasteiger partial charge in [-0.05, 0) is 43.7 Å². The fraction of sp³-hybridized carbons (Fsp3) is 0.391. The van der Waals surface area contributed by atoms with Crippen LogP contribution in [0.2, 0.25) is 5.02 Å². The van der Waals surface area contributed by atoms with Gasteiger partial charge < -0.3 is 9.80 Å². The highest BCUT2D eigenvalue weighted by molar-refractivity contribution is 6.30. The maximum atomic E-state index is 13.3. The highest BCUT2D eigenvalue weighted by Gasteiger charge is 2.42. The second kappa shape index (κ2) is 8.91. The van der Waals surface area contributed by atoms with E-state index >= 15 is 0 Å². The van der Waals surface area contributed by atoms with Gasteiger partial charge in [0.15, 0.2) is 0 Å². The Morgan fingerprint density at radius 2 is 1.77 bits per heavy atom. The number of halogens is 4. The standard InChI is InChI=1S/C23H24ClF3N2O2/c1-14(2)28(3)22(31)20-13-29(21(30)16-7-5-9-18(24)11-16)12-19(20)15-6-4-8-17(10-15)23(25,26)27/h4-11,14,19-20H,12-13H2,1-3H3/t19-,20-/m0/s1. The Morgan fingerprint density at radius 1 is 1.10 bits per heavy atom. The largest absolute Gasteiger partial charge is 0.416 e. The number of benzene rings is 2. The first-order valence-electron chi connectivity index (χ1n) is 9.97. The summed E-state index contributed by atoms with van der Waals surface area (Å²) in [6.45, 7) is 4.00. The highest BCUT2D eigenvalue weighted by Crippen LogP contribution is 2.38. The lowest BCUT2D eigenvalue weighted by atomic mass is 9.87. The Labute approximate surface area is 184 Å². The van der Waals surface area contributed by atoms with Gasteiger partial charge >= 0.3 is 6.18 Å². The molecule has 2 atom stereocenters. The number of carbonyl (C=O) groups is 2. The summed E-state index contributed by atoms with van der Waals surface area (Å²) in [6, 6.07) is 11.4. The van der Waals surface area contributed by atoms with Gasteiger partial charge in [0.25, 0.3) is 5.91 Å². The number of carbonyl (C=O) groups excluding carboxylic acids is 2. The summed E-state index contributed by atoms with van der Waals surface area (Å²) in [7, 11) is 1.66. The molecule has 166 valence electrons. The van der Waals surface area contributed by atoms with Gasteiger partial charge in [-0.2, -0.15) is 13.2 Å². The summed E-state index contributed by atoms with van der Waals surface area (Å²) in [5.74, 6) is -1.68. The molecule has 0 unspecified atom stereocenters. The molecule has 1 heterocycles. The van der Waals surface area contributed by atoms with E-state index in [2.05, 4.69) is 0 Å². The van der Waals surface area contributed by atoms with Crippen molar-refractivity contribution in [2.45, 2.75) is 32.0 Å². The zero-order chi connectivity index (χ0) is 22.9. The van der Waals surface area contributed by atoms with Crippen LogP contribution in [-0.2, 0) is 11.0 Å². The van der Waals surface area contributed by atoms with Crippen LogP contribution >= 0.6 is 11.6 Å². The lowest BCUT2D eigenvalue weighted by molar-refractivity contribution is -0.137. The first-order chi connectivity index (χ1) is 14.5. The van der Waals surface area contributed by atoms with Gasteiger partial charge in [0.1, 0.15) is 0 Å². The number of hydrogen-bond acceptors (Lipinski definition) is 2. The minimum atomic E-state index is -4.49. The zero-order valence-electron chi connectivity index (χ0n) is 17.5. The van der Waals surface area contributed by atoms with E-state index in [1.165, 1.54) is 11.0 Å². The third-order valence-electron chi connectivity index (χ3n) is 5.76. The molecule has 8 heteroatoms. The molecule has 1 aliphatic rings. The van der Waals surface area contributed by atoms with Crippen molar-refractivity contribution in [3.8, 4) is 0 Å². The van der Waals surface area contributed by atoms with E-state index in [1.807, 2.05) is 13.8 Å². The zero-order valence-corrected chi connectivity index (χ0v) is 18.2. The van der Waals surface area contributed by atoms with Crippen molar-refractivity contribution in [1.82, 2.24) is 9.80 Å². The molecular formula is C23H24ClF3N2O2. The molecule has 0 spiro atoms. The Balaban J connectivity index is 1.96. The van der Waals surface area contributed by atoms with Gasteiger partial charge in [0.2, 0.25) is 5.91 Å². The van der Waals surface area contributed by atoms with Crippen LogP contribution in [0.1, 0.15) is 41.3 Å². The molecule has 2 aromatic carbocycles. The van der Waals surface area contributed by atoms with Crippen LogP contribution in [0.15, 0.2) is 48.5 Å². The molecule has 31 heavy (non-hydrogen) atoms. The maximum Gasteiger partial charge on any atom is 0.416 e. The van der Waals surface area contributed by atoms with Gasteiger partial charge in [-0.1, -0.05) is 35.9 Å². The fourth-order valence-corrected chi connectivity index (χ4v) is 4.01. The summed E-state index contributed by atoms with van der Waals surface area (Å²) < 4.78 is 39.8. The van der Waals surface area contributed by atoms with Gasteiger partial charge in [-0.25, -0.2) is 0 Å². The SMILES string of the molecule is CC(C)N(C)C(=O)[C@H]1CN(C(=O)c2cccc(Cl)c2)C[C@H]1c1cccc(C(F)(F)F)c1. The van der Waals surface area contributed by atoms with E-state index in [-0.39, 0.29) is 30.9 Å². The van der Waals surface area contributed by atoms with Crippen LogP contribution in [0.5, 0.6) is 0 Å². The van der Waals surface area contributed by atoms with Crippen LogP contribution in [0.4, 0.5) is 13.2 Å². The van der Waals surface area contributed by atoms with Crippen molar-refractivity contribution in [2.24, 2.45) is 5.92 Å². The van der Waals surface area contributed by atoms with Crippen molar-refractivity contribution >= 4 is 23.4 Å². The van der Waals surface area contributed by atoms with Crippen LogP contribution in [0.25, 0.3) is 0 Å². The molecule has 2 aromatic rings. The average molecular weight is 453 g/mol. The Morgan fingerprint density at radius 3 is 2.39 bits per heavy atom. The van der Waals surface area contributed by atoms with Crippen molar-refractivity contribution in [3.05, 3.63) is 70.2 Å². The molecule has 3 rings (SSSR count). The maximum absolute atomic E-state index is 13.3. The molecule has 2 amide bonds. The minimum absolute atomic E-state index is 0.0765. The van der Waals surface area contributed by atoms with Crippen LogP contribution in [0.3, 0.4) is 0 Å². The predicted octanol–water partition coefficient (Wildman–Crippen LogP) is 5.08. The van der Waals surface area contributed by atoms with E-state index in [0.29, 0.717) is 16.1 Å². The molecule has 1 saturated heterocycles. The summed E-state index contributed by atoms with van der Waals surface area (Å²) in [5.41, 5.74) is 0.000335. The molecular weight excluding hydrogens is 429 g/mol. The molecule has 0 N–H and O–H groups in total. The smallest absolute Gasteiger partial charge is 0.343 e. The Hall–Kier alpha value is -2.54. The van der Waals surface area contributed by atoms with E-state index in [9.17, 15) is 22.8 Å². The molecule has 0 aliphatic carbocycles. The van der Waals surface area contributed by atoms with Gasteiger partial charge in [-0.15, -0.1) is 0 Å². The second-order valence-corrected chi connectivity index (χ2v) is 8.54. The number of alkyl halides is 3. The van der Waals surface area contributed by atoms with E-state index < -0.39 is 23.6 Å². The molecule has 0 aromatic heterocycles. The van der Waals surface area contributed by atoms with Crippen molar-refractivity contribution in [3.63, 3.8) is 0 Å². The summed E-state index contributed by atoms with van der Waals surface area (Å²) in [4.78, 5) is 29.3. The van der Waals surface area contributed by atoms with Gasteiger partial charge in [0.05, 0.1) is 11.5 Å². The molecule has 0 bridgehead atoms. The van der Waals surface area contributed by atoms with Crippen molar-refractivity contribution in [2.75, 3.05) is 20.1 Å². The van der Waals surface area contributed by atoms with Gasteiger partial charge in [-0.3, -0.25) is 9.59 Å². The number of likely N-dealkylation sites (tertiary alicyclic amines) is 1. The third kappa shape index (κ3) is 5.03. The highest BCUT2D eigenvalue weighted by atomic mass is 35.5. The number of amides is 2. The second-order valence-electron chi connectivity index (χ2n) is 8.10. The molecule has 4 nitrogen and oxygen atoms in total. The normalized spacial score (nSPS) is 19.0. The molecule has 0 radical (unpaired) electrons. The predicted molar refractivity (Wildman–Crippen MR) is 113 cm³/mol. The Kier molecular flexibility index (Phi) is 6.65. The fourth-order valence-electron chi connectivity index (χ4n) is 3.82. The molecule has 1 aliphatic heterocycles. The lowest BCUT2D eigenvalue weighted by Gasteiger charge is -2.27. The topological polar surface area (TPSA) is 40.6 Å². The third-order valence-corrected chi connectivity index (χ3v) is 6.00. The number of rotatable bonds is 4. The van der Waals surface area contributed by atoms with E-state index in [1.54, 1.807) is 42.3 Å². The summed E-state index contributed by atoms with van der Waals surface area (Å²) in [5, 5.41) is 0.409. The quantitative estimate of drug-likeness (QED) is 0.649. The number of hydrogen-bond donors (Lipinski definition) is 0. The lowest BCUT2D eigenvalue weighted by Crippen LogP contribution is -2.40. The van der Waals surface area contributed by atoms with E-state index in [4.69, 9.17) is 11.6 Å². The first-order valence-corrected chi connectivity index (χ1v) is 10.4. The minimum Gasteiger partial charge on any atom is -0.343 e. The Bertz CT molecular complexity index is 977. The van der Waals surface area contributed by atoms with Crippen molar-refractivity contribution in [1.29, 1.82) is 0 Å². The monoisotopic (exact) mass is 452 g/mol. The molecule has 1 fully saturated rings. The summed E-state index contributed by atoms with van der Waals surface area (Å²) >= 11 is 6.00. The average Bonchev–Trinajstić information content (AvgIpc) is 3.17. The first kappa shape index (κ1) is 23.1.